The molecule has 6 nitrogen and oxygen atoms in total. The molecule has 1 amide bonds. The van der Waals surface area contributed by atoms with Crippen molar-refractivity contribution in [3.63, 3.8) is 0 Å². The summed E-state index contributed by atoms with van der Waals surface area (Å²) in [6, 6.07) is 9.92. The Balaban J connectivity index is 1.52. The van der Waals surface area contributed by atoms with Crippen molar-refractivity contribution in [3.8, 4) is 0 Å². The van der Waals surface area contributed by atoms with Crippen molar-refractivity contribution in [2.24, 2.45) is 0 Å². The molecule has 1 fully saturated rings. The lowest BCUT2D eigenvalue weighted by atomic mass is 10.3. The third-order valence-electron chi connectivity index (χ3n) is 3.30. The van der Waals surface area contributed by atoms with E-state index in [4.69, 9.17) is 0 Å². The summed E-state index contributed by atoms with van der Waals surface area (Å²) in [6.45, 7) is 2.03. The van der Waals surface area contributed by atoms with Gasteiger partial charge in [0.1, 0.15) is 0 Å². The largest absolute Gasteiger partial charge is 0.325 e. The van der Waals surface area contributed by atoms with Gasteiger partial charge in [0.25, 0.3) is 0 Å². The second kappa shape index (κ2) is 6.26. The van der Waals surface area contributed by atoms with E-state index in [1.165, 1.54) is 0 Å². The maximum absolute atomic E-state index is 11.9. The van der Waals surface area contributed by atoms with Crippen LogP contribution in [-0.4, -0.2) is 31.9 Å². The minimum absolute atomic E-state index is 0.0107. The summed E-state index contributed by atoms with van der Waals surface area (Å²) in [5, 5.41) is 14.8. The van der Waals surface area contributed by atoms with Crippen LogP contribution in [0.2, 0.25) is 0 Å². The van der Waals surface area contributed by atoms with E-state index >= 15 is 0 Å². The lowest BCUT2D eigenvalue weighted by molar-refractivity contribution is -0.113. The highest BCUT2D eigenvalue weighted by atomic mass is 32.2. The predicted octanol–water partition coefficient (Wildman–Crippen LogP) is 2.44. The van der Waals surface area contributed by atoms with Crippen LogP contribution in [0.1, 0.15) is 36.9 Å². The van der Waals surface area contributed by atoms with Gasteiger partial charge in [0.05, 0.1) is 17.0 Å². The number of amides is 1. The molecule has 0 radical (unpaired) electrons. The molecule has 1 N–H and O–H groups in total. The molecular weight excluding hydrogens is 286 g/mol. The molecule has 110 valence electrons. The average molecular weight is 303 g/mol. The van der Waals surface area contributed by atoms with Crippen molar-refractivity contribution in [3.05, 3.63) is 36.2 Å². The van der Waals surface area contributed by atoms with Gasteiger partial charge < -0.3 is 5.32 Å². The number of aromatic nitrogens is 4. The maximum atomic E-state index is 11.9. The lowest BCUT2D eigenvalue weighted by Crippen LogP contribution is -2.15. The van der Waals surface area contributed by atoms with E-state index in [0.29, 0.717) is 11.8 Å². The molecule has 7 heteroatoms. The van der Waals surface area contributed by atoms with Crippen molar-refractivity contribution in [1.29, 1.82) is 0 Å². The summed E-state index contributed by atoms with van der Waals surface area (Å²) in [5.74, 6) is 1.23. The quantitative estimate of drug-likeness (QED) is 0.887. The number of hydrogen-bond acceptors (Lipinski definition) is 5. The van der Waals surface area contributed by atoms with E-state index in [0.717, 1.165) is 24.4 Å². The molecule has 1 unspecified atom stereocenters. The van der Waals surface area contributed by atoms with E-state index in [9.17, 15) is 4.79 Å². The molecular formula is C14H17N5OS. The van der Waals surface area contributed by atoms with Crippen molar-refractivity contribution in [2.75, 3.05) is 11.1 Å². The first-order chi connectivity index (χ1) is 10.2. The van der Waals surface area contributed by atoms with Crippen LogP contribution >= 0.6 is 11.8 Å². The number of benzene rings is 1. The topological polar surface area (TPSA) is 72.7 Å². The zero-order chi connectivity index (χ0) is 14.7. The van der Waals surface area contributed by atoms with Crippen LogP contribution in [0.5, 0.6) is 0 Å². The smallest absolute Gasteiger partial charge is 0.234 e. The summed E-state index contributed by atoms with van der Waals surface area (Å²) in [4.78, 5) is 11.9. The molecule has 0 aliphatic heterocycles. The monoisotopic (exact) mass is 303 g/mol. The van der Waals surface area contributed by atoms with Gasteiger partial charge in [0.2, 0.25) is 5.91 Å². The molecule has 1 aromatic heterocycles. The number of anilines is 1. The number of nitrogens with one attached hydrogen (secondary N) is 1. The van der Waals surface area contributed by atoms with Crippen LogP contribution in [0.3, 0.4) is 0 Å². The number of carbonyl (C=O) groups is 1. The van der Waals surface area contributed by atoms with Gasteiger partial charge in [-0.15, -0.1) is 16.9 Å². The minimum Gasteiger partial charge on any atom is -0.325 e. The molecule has 3 rings (SSSR count). The van der Waals surface area contributed by atoms with E-state index < -0.39 is 0 Å². The van der Waals surface area contributed by atoms with Crippen LogP contribution in [-0.2, 0) is 4.79 Å². The Morgan fingerprint density at radius 3 is 2.90 bits per heavy atom. The highest BCUT2D eigenvalue weighted by Gasteiger charge is 2.29. The second-order valence-electron chi connectivity index (χ2n) is 5.08. The Morgan fingerprint density at radius 1 is 1.43 bits per heavy atom. The van der Waals surface area contributed by atoms with Gasteiger partial charge in [0, 0.05) is 5.69 Å². The lowest BCUT2D eigenvalue weighted by Gasteiger charge is -2.11. The van der Waals surface area contributed by atoms with Crippen LogP contribution in [0.4, 0.5) is 5.69 Å². The summed E-state index contributed by atoms with van der Waals surface area (Å²) < 4.78 is 1.90. The molecule has 1 aliphatic rings. The van der Waals surface area contributed by atoms with Crippen LogP contribution < -0.4 is 5.32 Å². The number of thioether (sulfide) groups is 1. The van der Waals surface area contributed by atoms with Crippen molar-refractivity contribution in [2.45, 2.75) is 31.1 Å². The van der Waals surface area contributed by atoms with Gasteiger partial charge in [-0.3, -0.25) is 4.79 Å². The van der Waals surface area contributed by atoms with Crippen molar-refractivity contribution in [1.82, 2.24) is 20.2 Å². The van der Waals surface area contributed by atoms with Gasteiger partial charge in [-0.2, -0.15) is 0 Å². The van der Waals surface area contributed by atoms with Gasteiger partial charge in [0.15, 0.2) is 5.82 Å². The molecule has 1 atom stereocenters. The van der Waals surface area contributed by atoms with Gasteiger partial charge in [-0.05, 0) is 42.3 Å². The zero-order valence-corrected chi connectivity index (χ0v) is 12.6. The van der Waals surface area contributed by atoms with E-state index in [1.54, 1.807) is 11.8 Å². The summed E-state index contributed by atoms with van der Waals surface area (Å²) in [7, 11) is 0. The first kappa shape index (κ1) is 14.1. The molecule has 1 aliphatic carbocycles. The first-order valence-electron chi connectivity index (χ1n) is 6.98. The highest BCUT2D eigenvalue weighted by molar-refractivity contribution is 8.00. The number of nitrogens with zero attached hydrogens (tertiary/aromatic N) is 4. The number of hydrogen-bond donors (Lipinski definition) is 1. The Morgan fingerprint density at radius 2 is 2.19 bits per heavy atom. The first-order valence-corrected chi connectivity index (χ1v) is 8.03. The fourth-order valence-corrected chi connectivity index (χ4v) is 2.82. The normalized spacial score (nSPS) is 15.7. The van der Waals surface area contributed by atoms with Gasteiger partial charge in [-0.1, -0.05) is 18.2 Å². The van der Waals surface area contributed by atoms with Crippen LogP contribution in [0, 0.1) is 0 Å². The predicted molar refractivity (Wildman–Crippen MR) is 82.0 cm³/mol. The van der Waals surface area contributed by atoms with Gasteiger partial charge in [-0.25, -0.2) is 4.68 Å². The third-order valence-corrected chi connectivity index (χ3v) is 4.44. The molecule has 1 aromatic carbocycles. The summed E-state index contributed by atoms with van der Waals surface area (Å²) in [6.07, 6.45) is 2.29. The zero-order valence-electron chi connectivity index (χ0n) is 11.8. The Labute approximate surface area is 127 Å². The molecule has 2 aromatic rings. The number of rotatable bonds is 6. The van der Waals surface area contributed by atoms with Crippen LogP contribution in [0.15, 0.2) is 30.3 Å². The fourth-order valence-electron chi connectivity index (χ4n) is 2.04. The molecule has 0 bridgehead atoms. The summed E-state index contributed by atoms with van der Waals surface area (Å²) >= 11 is 1.55. The molecule has 0 saturated heterocycles. The standard InChI is InChI=1S/C14H17N5OS/c1-10(14-16-17-18-19(14)12-7-8-12)21-9-13(20)15-11-5-3-2-4-6-11/h2-6,10,12H,7-9H2,1H3,(H,15,20). The number of tetrazole rings is 1. The molecule has 0 spiro atoms. The van der Waals surface area contributed by atoms with E-state index in [2.05, 4.69) is 20.8 Å². The number of carbonyl (C=O) groups excluding carboxylic acids is 1. The fraction of sp³-hybridized carbons (Fsp3) is 0.429. The molecule has 1 heterocycles. The number of para-hydroxylation sites is 1. The SMILES string of the molecule is CC(SCC(=O)Nc1ccccc1)c1nnnn1C1CC1. The molecule has 1 saturated carbocycles. The van der Waals surface area contributed by atoms with E-state index in [1.807, 2.05) is 41.9 Å². The van der Waals surface area contributed by atoms with Crippen LogP contribution in [0.25, 0.3) is 0 Å². The Bertz CT molecular complexity index is 611. The highest BCUT2D eigenvalue weighted by Crippen LogP contribution is 2.37. The molecule has 21 heavy (non-hydrogen) atoms. The maximum Gasteiger partial charge on any atom is 0.234 e. The van der Waals surface area contributed by atoms with E-state index in [-0.39, 0.29) is 11.2 Å². The minimum atomic E-state index is -0.0107. The summed E-state index contributed by atoms with van der Waals surface area (Å²) in [5.41, 5.74) is 0.818. The third kappa shape index (κ3) is 3.60. The van der Waals surface area contributed by atoms with Crippen molar-refractivity contribution < 1.29 is 4.79 Å². The van der Waals surface area contributed by atoms with Gasteiger partial charge >= 0.3 is 0 Å². The Hall–Kier alpha value is -1.89. The second-order valence-corrected chi connectivity index (χ2v) is 6.41. The van der Waals surface area contributed by atoms with Crippen molar-refractivity contribution >= 4 is 23.4 Å². The average Bonchev–Trinajstić information content (AvgIpc) is 3.23. The Kier molecular flexibility index (Phi) is 4.19.